The van der Waals surface area contributed by atoms with E-state index in [2.05, 4.69) is 12.2 Å². The number of methoxy groups -OCH3 is 1. The zero-order valence-corrected chi connectivity index (χ0v) is 21.4. The molecule has 4 rings (SSSR count). The first kappa shape index (κ1) is 25.0. The molecule has 0 bridgehead atoms. The molecule has 0 saturated carbocycles. The number of esters is 2. The summed E-state index contributed by atoms with van der Waals surface area (Å²) in [4.78, 5) is 39.9. The molecule has 0 saturated heterocycles. The van der Waals surface area contributed by atoms with Crippen molar-refractivity contribution in [1.82, 2.24) is 5.32 Å². The summed E-state index contributed by atoms with van der Waals surface area (Å²) in [7, 11) is 1.30. The van der Waals surface area contributed by atoms with Gasteiger partial charge in [-0.3, -0.25) is 9.59 Å². The van der Waals surface area contributed by atoms with Crippen LogP contribution in [0.3, 0.4) is 0 Å². The fourth-order valence-electron chi connectivity index (χ4n) is 5.18. The van der Waals surface area contributed by atoms with E-state index in [0.29, 0.717) is 29.0 Å². The summed E-state index contributed by atoms with van der Waals surface area (Å²) in [5.74, 6) is -1.41. The second kappa shape index (κ2) is 10.7. The highest BCUT2D eigenvalue weighted by molar-refractivity contribution is 7.99. The van der Waals surface area contributed by atoms with Gasteiger partial charge in [0, 0.05) is 28.6 Å². The molecule has 0 aromatic heterocycles. The van der Waals surface area contributed by atoms with Crippen LogP contribution in [-0.2, 0) is 23.9 Å². The van der Waals surface area contributed by atoms with E-state index in [-0.39, 0.29) is 18.3 Å². The minimum absolute atomic E-state index is 0.221. The minimum Gasteiger partial charge on any atom is -0.468 e. The number of Topliss-reactive ketones (excluding diaryl/α,β-unsaturated/α-hetero) is 1. The number of ketones is 1. The molecule has 0 spiro atoms. The van der Waals surface area contributed by atoms with Crippen LogP contribution in [-0.4, -0.2) is 42.9 Å². The van der Waals surface area contributed by atoms with Gasteiger partial charge in [0.25, 0.3) is 0 Å². The maximum atomic E-state index is 13.9. The summed E-state index contributed by atoms with van der Waals surface area (Å²) in [5.41, 5.74) is 3.14. The van der Waals surface area contributed by atoms with Crippen molar-refractivity contribution in [3.8, 4) is 0 Å². The summed E-state index contributed by atoms with van der Waals surface area (Å²) in [6.07, 6.45) is 0.509. The minimum atomic E-state index is -0.908. The predicted octanol–water partition coefficient (Wildman–Crippen LogP) is 4.75. The van der Waals surface area contributed by atoms with E-state index < -0.39 is 23.8 Å². The fourth-order valence-corrected chi connectivity index (χ4v) is 5.67. The van der Waals surface area contributed by atoms with Crippen LogP contribution in [0.2, 0.25) is 0 Å². The van der Waals surface area contributed by atoms with Crippen molar-refractivity contribution in [2.45, 2.75) is 33.1 Å². The quantitative estimate of drug-likeness (QED) is 0.339. The number of hydrogen-bond donors (Lipinski definition) is 1. The van der Waals surface area contributed by atoms with Gasteiger partial charge in [-0.15, -0.1) is 0 Å². The number of carbonyl (C=O) groups excluding carboxylic acids is 3. The molecule has 2 aliphatic rings. The zero-order valence-electron chi connectivity index (χ0n) is 20.6. The molecule has 7 heteroatoms. The number of thioether (sulfide) groups is 1. The number of benzene rings is 2. The van der Waals surface area contributed by atoms with Gasteiger partial charge in [0.2, 0.25) is 0 Å². The van der Waals surface area contributed by atoms with Crippen LogP contribution < -0.4 is 5.32 Å². The SMILES string of the molecule is CCSCCOC(=O)C1=C(C)NC2=C(C(=O)[C@H](C(=O)OC)[C@@H](C)C2)[C@@H]1c1cccc2ccccc12. The van der Waals surface area contributed by atoms with Gasteiger partial charge < -0.3 is 14.8 Å². The number of fused-ring (bicyclic) bond motifs is 1. The number of hydrogen-bond acceptors (Lipinski definition) is 7. The normalized spacial score (nSPS) is 22.1. The van der Waals surface area contributed by atoms with E-state index in [1.165, 1.54) is 7.11 Å². The van der Waals surface area contributed by atoms with E-state index in [4.69, 9.17) is 9.47 Å². The third-order valence-corrected chi connectivity index (χ3v) is 7.63. The van der Waals surface area contributed by atoms with Crippen LogP contribution in [0.5, 0.6) is 0 Å². The van der Waals surface area contributed by atoms with Gasteiger partial charge in [-0.2, -0.15) is 11.8 Å². The average molecular weight is 494 g/mol. The van der Waals surface area contributed by atoms with E-state index in [9.17, 15) is 14.4 Å². The Labute approximate surface area is 210 Å². The number of ether oxygens (including phenoxy) is 2. The largest absolute Gasteiger partial charge is 0.468 e. The Balaban J connectivity index is 1.87. The molecule has 3 atom stereocenters. The number of nitrogens with one attached hydrogen (secondary N) is 1. The Morgan fingerprint density at radius 2 is 1.89 bits per heavy atom. The van der Waals surface area contributed by atoms with Crippen LogP contribution in [0.4, 0.5) is 0 Å². The predicted molar refractivity (Wildman–Crippen MR) is 138 cm³/mol. The second-order valence-corrected chi connectivity index (χ2v) is 10.3. The molecule has 0 unspecified atom stereocenters. The van der Waals surface area contributed by atoms with Crippen molar-refractivity contribution in [2.75, 3.05) is 25.2 Å². The van der Waals surface area contributed by atoms with E-state index in [1.807, 2.05) is 56.3 Å². The summed E-state index contributed by atoms with van der Waals surface area (Å²) in [6.45, 7) is 6.08. The molecule has 6 nitrogen and oxygen atoms in total. The monoisotopic (exact) mass is 493 g/mol. The number of rotatable bonds is 7. The fraction of sp³-hybridized carbons (Fsp3) is 0.393. The number of allylic oxidation sites excluding steroid dienone is 3. The number of dihydropyridines is 1. The molecular formula is C28H31NO5S. The maximum Gasteiger partial charge on any atom is 0.336 e. The molecule has 35 heavy (non-hydrogen) atoms. The highest BCUT2D eigenvalue weighted by atomic mass is 32.2. The van der Waals surface area contributed by atoms with Crippen LogP contribution in [0.25, 0.3) is 10.8 Å². The van der Waals surface area contributed by atoms with Crippen molar-refractivity contribution in [2.24, 2.45) is 11.8 Å². The van der Waals surface area contributed by atoms with Gasteiger partial charge in [-0.25, -0.2) is 4.79 Å². The second-order valence-electron chi connectivity index (χ2n) is 8.94. The van der Waals surface area contributed by atoms with Gasteiger partial charge >= 0.3 is 11.9 Å². The van der Waals surface area contributed by atoms with Gasteiger partial charge in [0.15, 0.2) is 5.78 Å². The first-order valence-electron chi connectivity index (χ1n) is 11.9. The van der Waals surface area contributed by atoms with Gasteiger partial charge in [-0.1, -0.05) is 56.3 Å². The van der Waals surface area contributed by atoms with Crippen molar-refractivity contribution < 1.29 is 23.9 Å². The van der Waals surface area contributed by atoms with E-state index in [0.717, 1.165) is 27.8 Å². The number of carbonyl (C=O) groups is 3. The zero-order chi connectivity index (χ0) is 25.1. The smallest absolute Gasteiger partial charge is 0.336 e. The summed E-state index contributed by atoms with van der Waals surface area (Å²) >= 11 is 1.70. The summed E-state index contributed by atoms with van der Waals surface area (Å²) in [6, 6.07) is 13.8. The van der Waals surface area contributed by atoms with Crippen LogP contribution in [0.1, 0.15) is 38.7 Å². The molecular weight excluding hydrogens is 462 g/mol. The third kappa shape index (κ3) is 4.74. The lowest BCUT2D eigenvalue weighted by Crippen LogP contribution is -2.43. The Morgan fingerprint density at radius 3 is 2.63 bits per heavy atom. The summed E-state index contributed by atoms with van der Waals surface area (Å²) < 4.78 is 10.7. The highest BCUT2D eigenvalue weighted by Crippen LogP contribution is 2.46. The molecule has 1 heterocycles. The highest BCUT2D eigenvalue weighted by Gasteiger charge is 2.47. The third-order valence-electron chi connectivity index (χ3n) is 6.76. The Hall–Kier alpha value is -3.06. The standard InChI is InChI=1S/C28H31NO5S/c1-5-35-14-13-34-28(32)23-17(3)29-21-15-16(2)22(27(31)33-4)26(30)25(21)24(23)20-12-8-10-18-9-6-7-11-19(18)20/h6-12,16,22,24,29H,5,13-15H2,1-4H3/t16-,22+,24+/m0/s1. The van der Waals surface area contributed by atoms with Crippen LogP contribution in [0, 0.1) is 11.8 Å². The van der Waals surface area contributed by atoms with Gasteiger partial charge in [0.1, 0.15) is 12.5 Å². The molecule has 1 aliphatic heterocycles. The van der Waals surface area contributed by atoms with E-state index >= 15 is 0 Å². The average Bonchev–Trinajstić information content (AvgIpc) is 2.85. The van der Waals surface area contributed by atoms with Crippen molar-refractivity contribution >= 4 is 40.3 Å². The molecule has 1 N–H and O–H groups in total. The van der Waals surface area contributed by atoms with Gasteiger partial charge in [-0.05, 0) is 41.4 Å². The first-order chi connectivity index (χ1) is 16.9. The molecule has 0 fully saturated rings. The van der Waals surface area contributed by atoms with E-state index in [1.54, 1.807) is 11.8 Å². The van der Waals surface area contributed by atoms with Crippen LogP contribution in [0.15, 0.2) is 65.0 Å². The molecule has 0 amide bonds. The molecule has 184 valence electrons. The lowest BCUT2D eigenvalue weighted by atomic mass is 9.68. The molecule has 2 aromatic carbocycles. The van der Waals surface area contributed by atoms with Crippen molar-refractivity contribution in [3.63, 3.8) is 0 Å². The summed E-state index contributed by atoms with van der Waals surface area (Å²) in [5, 5.41) is 5.28. The van der Waals surface area contributed by atoms with Crippen molar-refractivity contribution in [1.29, 1.82) is 0 Å². The lowest BCUT2D eigenvalue weighted by Gasteiger charge is -2.38. The Bertz CT molecular complexity index is 1230. The Morgan fingerprint density at radius 1 is 1.14 bits per heavy atom. The topological polar surface area (TPSA) is 81.7 Å². The van der Waals surface area contributed by atoms with Gasteiger partial charge in [0.05, 0.1) is 12.7 Å². The van der Waals surface area contributed by atoms with Crippen molar-refractivity contribution in [3.05, 3.63) is 70.6 Å². The molecule has 2 aromatic rings. The Kier molecular flexibility index (Phi) is 7.65. The molecule has 1 aliphatic carbocycles. The molecule has 0 radical (unpaired) electrons. The maximum absolute atomic E-state index is 13.9. The lowest BCUT2D eigenvalue weighted by molar-refractivity contribution is -0.151. The van der Waals surface area contributed by atoms with Crippen LogP contribution >= 0.6 is 11.8 Å². The first-order valence-corrected chi connectivity index (χ1v) is 13.1.